The van der Waals surface area contributed by atoms with Crippen molar-refractivity contribution >= 4 is 29.1 Å². The van der Waals surface area contributed by atoms with Crippen LogP contribution in [0.2, 0.25) is 5.02 Å². The highest BCUT2D eigenvalue weighted by Crippen LogP contribution is 2.31. The van der Waals surface area contributed by atoms with Gasteiger partial charge in [0.1, 0.15) is 17.8 Å². The van der Waals surface area contributed by atoms with Gasteiger partial charge in [-0.1, -0.05) is 18.5 Å². The number of ether oxygens (including phenoxy) is 1. The van der Waals surface area contributed by atoms with Crippen molar-refractivity contribution in [3.8, 4) is 5.75 Å². The summed E-state index contributed by atoms with van der Waals surface area (Å²) in [6, 6.07) is 3.99. The molecule has 0 saturated carbocycles. The number of amides is 2. The minimum atomic E-state index is -0.559. The van der Waals surface area contributed by atoms with Gasteiger partial charge in [0.15, 0.2) is 0 Å². The lowest BCUT2D eigenvalue weighted by molar-refractivity contribution is -0.133. The summed E-state index contributed by atoms with van der Waals surface area (Å²) in [5.41, 5.74) is 0.608. The van der Waals surface area contributed by atoms with Crippen LogP contribution in [0, 0.1) is 0 Å². The molecule has 0 spiro atoms. The summed E-state index contributed by atoms with van der Waals surface area (Å²) in [6.45, 7) is 3.56. The van der Waals surface area contributed by atoms with E-state index in [0.717, 1.165) is 0 Å². The predicted octanol–water partition coefficient (Wildman–Crippen LogP) is 1.98. The Morgan fingerprint density at radius 3 is 2.70 bits per heavy atom. The number of halogens is 1. The van der Waals surface area contributed by atoms with E-state index in [4.69, 9.17) is 16.3 Å². The van der Waals surface area contributed by atoms with Gasteiger partial charge in [-0.2, -0.15) is 0 Å². The first-order valence-electron chi connectivity index (χ1n) is 6.46. The molecule has 0 aliphatic carbocycles. The van der Waals surface area contributed by atoms with Crippen molar-refractivity contribution in [3.63, 3.8) is 0 Å². The first kappa shape index (κ1) is 14.7. The third kappa shape index (κ3) is 2.45. The molecule has 1 aromatic rings. The van der Waals surface area contributed by atoms with E-state index in [0.29, 0.717) is 22.9 Å². The molecule has 2 atom stereocenters. The third-order valence-corrected chi connectivity index (χ3v) is 3.75. The summed E-state index contributed by atoms with van der Waals surface area (Å²) in [7, 11) is 1.51. The van der Waals surface area contributed by atoms with E-state index >= 15 is 0 Å². The summed E-state index contributed by atoms with van der Waals surface area (Å²) in [4.78, 5) is 25.9. The molecule has 1 heterocycles. The molecular weight excluding hydrogens is 280 g/mol. The van der Waals surface area contributed by atoms with Crippen molar-refractivity contribution in [1.82, 2.24) is 5.32 Å². The number of rotatable bonds is 3. The van der Waals surface area contributed by atoms with Gasteiger partial charge >= 0.3 is 0 Å². The van der Waals surface area contributed by atoms with E-state index in [1.807, 2.05) is 6.92 Å². The number of piperazine rings is 1. The molecule has 1 aliphatic rings. The van der Waals surface area contributed by atoms with Crippen molar-refractivity contribution < 1.29 is 14.3 Å². The Bertz CT molecular complexity index is 547. The van der Waals surface area contributed by atoms with Crippen LogP contribution in [0.3, 0.4) is 0 Å². The zero-order chi connectivity index (χ0) is 14.9. The molecule has 108 valence electrons. The minimum absolute atomic E-state index is 0.121. The first-order valence-corrected chi connectivity index (χ1v) is 6.84. The molecule has 2 amide bonds. The summed E-state index contributed by atoms with van der Waals surface area (Å²) < 4.78 is 5.16. The van der Waals surface area contributed by atoms with E-state index in [2.05, 4.69) is 5.32 Å². The van der Waals surface area contributed by atoms with Gasteiger partial charge < -0.3 is 10.1 Å². The highest BCUT2D eigenvalue weighted by Gasteiger charge is 2.38. The van der Waals surface area contributed by atoms with Crippen molar-refractivity contribution in [1.29, 1.82) is 0 Å². The maximum atomic E-state index is 12.4. The Labute approximate surface area is 122 Å². The van der Waals surface area contributed by atoms with Gasteiger partial charge in [0.05, 0.1) is 12.1 Å². The molecule has 6 heteroatoms. The third-order valence-electron chi connectivity index (χ3n) is 3.44. The van der Waals surface area contributed by atoms with Crippen LogP contribution in [-0.2, 0) is 9.59 Å². The molecule has 2 unspecified atom stereocenters. The molecule has 5 nitrogen and oxygen atoms in total. The maximum absolute atomic E-state index is 12.4. The van der Waals surface area contributed by atoms with Crippen LogP contribution in [0.15, 0.2) is 18.2 Å². The molecule has 0 bridgehead atoms. The normalized spacial score (nSPS) is 22.7. The second-order valence-electron chi connectivity index (χ2n) is 4.67. The van der Waals surface area contributed by atoms with E-state index in [1.54, 1.807) is 25.1 Å². The lowest BCUT2D eigenvalue weighted by Gasteiger charge is -2.37. The number of anilines is 1. The van der Waals surface area contributed by atoms with E-state index in [9.17, 15) is 9.59 Å². The Hall–Kier alpha value is -1.75. The lowest BCUT2D eigenvalue weighted by Crippen LogP contribution is -2.62. The van der Waals surface area contributed by atoms with Crippen molar-refractivity contribution in [3.05, 3.63) is 23.2 Å². The topological polar surface area (TPSA) is 58.6 Å². The Kier molecular flexibility index (Phi) is 4.18. The van der Waals surface area contributed by atoms with Crippen molar-refractivity contribution in [2.75, 3.05) is 12.0 Å². The zero-order valence-electron chi connectivity index (χ0n) is 11.6. The van der Waals surface area contributed by atoms with Crippen LogP contribution < -0.4 is 15.0 Å². The molecule has 1 aliphatic heterocycles. The average Bonchev–Trinajstić information content (AvgIpc) is 2.44. The smallest absolute Gasteiger partial charge is 0.250 e. The number of benzene rings is 1. The Balaban J connectivity index is 2.42. The minimum Gasteiger partial charge on any atom is -0.495 e. The standard InChI is InChI=1S/C14H17ClN2O3/c1-4-11-14(19)17(8(2)13(18)16-11)9-5-6-10(15)12(7-9)20-3/h5-8,11H,4H2,1-3H3,(H,16,18). The molecule has 1 N–H and O–H groups in total. The van der Waals surface area contributed by atoms with Gasteiger partial charge in [-0.05, 0) is 25.5 Å². The highest BCUT2D eigenvalue weighted by atomic mass is 35.5. The van der Waals surface area contributed by atoms with Crippen LogP contribution in [0.25, 0.3) is 0 Å². The van der Waals surface area contributed by atoms with Crippen LogP contribution >= 0.6 is 11.6 Å². The zero-order valence-corrected chi connectivity index (χ0v) is 12.4. The number of nitrogens with zero attached hydrogens (tertiary/aromatic N) is 1. The maximum Gasteiger partial charge on any atom is 0.250 e. The number of carbonyl (C=O) groups excluding carboxylic acids is 2. The summed E-state index contributed by atoms with van der Waals surface area (Å²) >= 11 is 5.98. The molecule has 0 aromatic heterocycles. The fourth-order valence-corrected chi connectivity index (χ4v) is 2.45. The second kappa shape index (κ2) is 5.71. The summed E-state index contributed by atoms with van der Waals surface area (Å²) in [6.07, 6.45) is 0.554. The molecule has 1 aromatic carbocycles. The number of hydrogen-bond acceptors (Lipinski definition) is 3. The summed E-state index contributed by atoms with van der Waals surface area (Å²) in [5, 5.41) is 3.18. The van der Waals surface area contributed by atoms with Crippen LogP contribution in [0.4, 0.5) is 5.69 Å². The predicted molar refractivity (Wildman–Crippen MR) is 77.2 cm³/mol. The van der Waals surface area contributed by atoms with Gasteiger partial charge in [-0.3, -0.25) is 14.5 Å². The van der Waals surface area contributed by atoms with Crippen LogP contribution in [0.1, 0.15) is 20.3 Å². The lowest BCUT2D eigenvalue weighted by atomic mass is 10.1. The number of methoxy groups -OCH3 is 1. The van der Waals surface area contributed by atoms with Crippen LogP contribution in [0.5, 0.6) is 5.75 Å². The molecule has 0 radical (unpaired) electrons. The molecule has 2 rings (SSSR count). The van der Waals surface area contributed by atoms with Crippen LogP contribution in [-0.4, -0.2) is 31.0 Å². The molecule has 1 saturated heterocycles. The number of nitrogens with one attached hydrogen (secondary N) is 1. The van der Waals surface area contributed by atoms with Crippen molar-refractivity contribution in [2.45, 2.75) is 32.4 Å². The second-order valence-corrected chi connectivity index (χ2v) is 5.08. The van der Waals surface area contributed by atoms with Gasteiger partial charge in [-0.15, -0.1) is 0 Å². The Morgan fingerprint density at radius 2 is 2.10 bits per heavy atom. The monoisotopic (exact) mass is 296 g/mol. The highest BCUT2D eigenvalue weighted by molar-refractivity contribution is 6.32. The largest absolute Gasteiger partial charge is 0.495 e. The van der Waals surface area contributed by atoms with E-state index < -0.39 is 12.1 Å². The fourth-order valence-electron chi connectivity index (χ4n) is 2.26. The van der Waals surface area contributed by atoms with E-state index in [-0.39, 0.29) is 11.8 Å². The van der Waals surface area contributed by atoms with Gasteiger partial charge in [0.2, 0.25) is 11.8 Å². The van der Waals surface area contributed by atoms with Gasteiger partial charge in [-0.25, -0.2) is 0 Å². The quantitative estimate of drug-likeness (QED) is 0.928. The SMILES string of the molecule is CCC1NC(=O)C(C)N(c2ccc(Cl)c(OC)c2)C1=O. The molecular formula is C14H17ClN2O3. The van der Waals surface area contributed by atoms with Gasteiger partial charge in [0, 0.05) is 11.8 Å². The average molecular weight is 297 g/mol. The first-order chi connectivity index (χ1) is 9.49. The Morgan fingerprint density at radius 1 is 1.40 bits per heavy atom. The number of hydrogen-bond donors (Lipinski definition) is 1. The van der Waals surface area contributed by atoms with Gasteiger partial charge in [0.25, 0.3) is 0 Å². The fraction of sp³-hybridized carbons (Fsp3) is 0.429. The molecule has 1 fully saturated rings. The molecule has 20 heavy (non-hydrogen) atoms. The van der Waals surface area contributed by atoms with E-state index in [1.165, 1.54) is 12.0 Å². The number of carbonyl (C=O) groups is 2. The van der Waals surface area contributed by atoms with Crippen molar-refractivity contribution in [2.24, 2.45) is 0 Å². The summed E-state index contributed by atoms with van der Waals surface area (Å²) in [5.74, 6) is 0.192.